The minimum atomic E-state index is -0.980. The van der Waals surface area contributed by atoms with Gasteiger partial charge in [0, 0.05) is 18.1 Å². The summed E-state index contributed by atoms with van der Waals surface area (Å²) < 4.78 is 0. The van der Waals surface area contributed by atoms with Crippen LogP contribution in [0.5, 0.6) is 0 Å². The molecule has 1 aliphatic carbocycles. The molecule has 39 heavy (non-hydrogen) atoms. The maximum absolute atomic E-state index is 13.7. The van der Waals surface area contributed by atoms with Gasteiger partial charge in [0.15, 0.2) is 10.2 Å². The molecular formula is C24H40N8O6S. The predicted molar refractivity (Wildman–Crippen MR) is 146 cm³/mol. The maximum atomic E-state index is 13.7. The van der Waals surface area contributed by atoms with Gasteiger partial charge < -0.3 is 16.4 Å². The average molecular weight is 569 g/mol. The summed E-state index contributed by atoms with van der Waals surface area (Å²) >= 11 is 1.23. The predicted octanol–water partition coefficient (Wildman–Crippen LogP) is 2.15. The molecule has 14 nitrogen and oxygen atoms in total. The second-order valence-electron chi connectivity index (χ2n) is 10.4. The molecule has 1 heterocycles. The van der Waals surface area contributed by atoms with Crippen LogP contribution < -0.4 is 21.8 Å². The number of rotatable bonds is 15. The number of guanidine groups is 1. The fourth-order valence-corrected chi connectivity index (χ4v) is 5.53. The molecule has 1 aromatic rings. The number of carbonyl (C=O) groups is 3. The second-order valence-corrected chi connectivity index (χ2v) is 11.2. The Bertz CT molecular complexity index is 968. The lowest BCUT2D eigenvalue weighted by Crippen LogP contribution is -2.53. The van der Waals surface area contributed by atoms with Crippen molar-refractivity contribution in [3.63, 3.8) is 0 Å². The fraction of sp³-hybridized carbons (Fsp3) is 0.708. The van der Waals surface area contributed by atoms with Gasteiger partial charge in [-0.25, -0.2) is 25.2 Å². The zero-order chi connectivity index (χ0) is 28.9. The van der Waals surface area contributed by atoms with Gasteiger partial charge >= 0.3 is 0 Å². The lowest BCUT2D eigenvalue weighted by atomic mass is 9.75. The average Bonchev–Trinajstić information content (AvgIpc) is 3.38. The first-order chi connectivity index (χ1) is 18.5. The van der Waals surface area contributed by atoms with Gasteiger partial charge in [-0.3, -0.25) is 19.6 Å². The number of nitrogens with two attached hydrogens (primary N) is 1. The van der Waals surface area contributed by atoms with E-state index in [-0.39, 0.29) is 37.2 Å². The molecule has 218 valence electrons. The van der Waals surface area contributed by atoms with Crippen LogP contribution in [0.4, 0.5) is 5.13 Å². The minimum Gasteiger partial charge on any atom is -0.365 e. The van der Waals surface area contributed by atoms with Gasteiger partial charge in [-0.15, -0.1) is 11.3 Å². The highest BCUT2D eigenvalue weighted by Crippen LogP contribution is 2.35. The molecule has 2 rings (SSSR count). The van der Waals surface area contributed by atoms with Crippen LogP contribution in [0.25, 0.3) is 0 Å². The first-order valence-corrected chi connectivity index (χ1v) is 14.0. The number of hydroxylamine groups is 2. The molecule has 0 aromatic carbocycles. The van der Waals surface area contributed by atoms with Crippen molar-refractivity contribution in [2.45, 2.75) is 77.8 Å². The van der Waals surface area contributed by atoms with E-state index in [1.54, 1.807) is 10.8 Å². The molecule has 0 saturated heterocycles. The van der Waals surface area contributed by atoms with Crippen molar-refractivity contribution in [1.29, 1.82) is 0 Å². The van der Waals surface area contributed by atoms with Gasteiger partial charge in [0.25, 0.3) is 5.96 Å². The SMILES string of the molecule is CC1CCC(C[C@@H](C(=O)N[C@H](CCCN=C(N)N[N+](=O)[O-])C(=O)Nc2nccs2)[C@@H](C(C)C)N(O)C=O)CC1. The van der Waals surface area contributed by atoms with Crippen molar-refractivity contribution in [1.82, 2.24) is 20.8 Å². The number of aromatic nitrogens is 1. The first kappa shape index (κ1) is 31.9. The third-order valence-corrected chi connectivity index (χ3v) is 7.69. The van der Waals surface area contributed by atoms with E-state index in [0.29, 0.717) is 28.9 Å². The topological polar surface area (TPSA) is 205 Å². The fourth-order valence-electron chi connectivity index (χ4n) is 5.00. The van der Waals surface area contributed by atoms with Gasteiger partial charge in [0.2, 0.25) is 18.2 Å². The van der Waals surface area contributed by atoms with E-state index < -0.39 is 34.8 Å². The van der Waals surface area contributed by atoms with Crippen LogP contribution in [0.1, 0.15) is 65.7 Å². The molecule has 0 radical (unpaired) electrons. The van der Waals surface area contributed by atoms with Crippen LogP contribution in [0.3, 0.4) is 0 Å². The highest BCUT2D eigenvalue weighted by Gasteiger charge is 2.38. The van der Waals surface area contributed by atoms with E-state index in [9.17, 15) is 29.7 Å². The zero-order valence-electron chi connectivity index (χ0n) is 22.6. The van der Waals surface area contributed by atoms with Gasteiger partial charge in [-0.2, -0.15) is 0 Å². The molecule has 3 atom stereocenters. The van der Waals surface area contributed by atoms with Crippen molar-refractivity contribution in [3.05, 3.63) is 21.7 Å². The Balaban J connectivity index is 2.22. The Kier molecular flexibility index (Phi) is 13.0. The Morgan fingerprint density at radius 1 is 1.33 bits per heavy atom. The van der Waals surface area contributed by atoms with E-state index in [1.165, 1.54) is 17.5 Å². The summed E-state index contributed by atoms with van der Waals surface area (Å²) in [4.78, 5) is 56.8. The van der Waals surface area contributed by atoms with Crippen LogP contribution in [-0.2, 0) is 14.4 Å². The molecule has 3 amide bonds. The van der Waals surface area contributed by atoms with Crippen molar-refractivity contribution < 1.29 is 24.6 Å². The minimum absolute atomic E-state index is 0.0808. The number of nitrogens with zero attached hydrogens (tertiary/aromatic N) is 4. The summed E-state index contributed by atoms with van der Waals surface area (Å²) in [7, 11) is 0. The molecule has 0 aliphatic heterocycles. The highest BCUT2D eigenvalue weighted by molar-refractivity contribution is 7.13. The zero-order valence-corrected chi connectivity index (χ0v) is 23.4. The van der Waals surface area contributed by atoms with Crippen molar-refractivity contribution >= 4 is 40.7 Å². The van der Waals surface area contributed by atoms with Gasteiger partial charge in [-0.1, -0.05) is 51.9 Å². The summed E-state index contributed by atoms with van der Waals surface area (Å²) in [6.07, 6.45) is 6.77. The lowest BCUT2D eigenvalue weighted by molar-refractivity contribution is -0.525. The van der Waals surface area contributed by atoms with E-state index in [2.05, 4.69) is 27.5 Å². The molecule has 1 aliphatic rings. The summed E-state index contributed by atoms with van der Waals surface area (Å²) in [6.45, 7) is 5.94. The molecule has 15 heteroatoms. The van der Waals surface area contributed by atoms with Crippen molar-refractivity contribution in [3.8, 4) is 0 Å². The number of anilines is 1. The largest absolute Gasteiger partial charge is 0.365 e. The number of nitro groups is 1. The van der Waals surface area contributed by atoms with E-state index in [4.69, 9.17) is 5.73 Å². The van der Waals surface area contributed by atoms with Crippen LogP contribution in [0.2, 0.25) is 0 Å². The third-order valence-electron chi connectivity index (χ3n) is 7.00. The van der Waals surface area contributed by atoms with Gasteiger partial charge in [-0.05, 0) is 37.0 Å². The molecule has 0 unspecified atom stereocenters. The molecule has 0 spiro atoms. The van der Waals surface area contributed by atoms with Crippen molar-refractivity contribution in [2.24, 2.45) is 34.4 Å². The van der Waals surface area contributed by atoms with Gasteiger partial charge in [0.1, 0.15) is 6.04 Å². The molecule has 1 saturated carbocycles. The van der Waals surface area contributed by atoms with E-state index >= 15 is 0 Å². The molecule has 1 fully saturated rings. The number of hydrazine groups is 1. The molecule has 1 aromatic heterocycles. The number of amides is 3. The summed E-state index contributed by atoms with van der Waals surface area (Å²) in [5.41, 5.74) is 7.20. The van der Waals surface area contributed by atoms with Crippen LogP contribution in [0, 0.1) is 33.8 Å². The van der Waals surface area contributed by atoms with Gasteiger partial charge in [0.05, 0.1) is 12.0 Å². The summed E-state index contributed by atoms with van der Waals surface area (Å²) in [5, 5.41) is 28.2. The number of aliphatic imine (C=N–C) groups is 1. The quantitative estimate of drug-likeness (QED) is 0.0399. The molecule has 0 bridgehead atoms. The third kappa shape index (κ3) is 10.8. The van der Waals surface area contributed by atoms with Crippen molar-refractivity contribution in [2.75, 3.05) is 11.9 Å². The second kappa shape index (κ2) is 15.9. The standard InChI is InChI=1S/C24H40N8O6S/c1-15(2)20(31(36)14-33)18(13-17-8-6-16(3)7-9-17)21(34)28-19(22(35)29-24-27-11-12-39-24)5-4-10-26-23(25)30-32(37)38/h11-12,14-20,36H,4-10,13H2,1-3H3,(H,28,34)(H3,25,26,30)(H,27,29,35)/t16?,17?,18-,19-,20-/m1/s1. The maximum Gasteiger partial charge on any atom is 0.251 e. The number of carbonyl (C=O) groups excluding carboxylic acids is 3. The molecule has 6 N–H and O–H groups in total. The monoisotopic (exact) mass is 568 g/mol. The summed E-state index contributed by atoms with van der Waals surface area (Å²) in [5.74, 6) is -1.39. The summed E-state index contributed by atoms with van der Waals surface area (Å²) in [6, 6.07) is -1.76. The Labute approximate surface area is 231 Å². The van der Waals surface area contributed by atoms with Crippen LogP contribution >= 0.6 is 11.3 Å². The van der Waals surface area contributed by atoms with Crippen LogP contribution in [0.15, 0.2) is 16.6 Å². The smallest absolute Gasteiger partial charge is 0.251 e. The lowest BCUT2D eigenvalue weighted by Gasteiger charge is -2.37. The Hall–Kier alpha value is -3.33. The number of hydrogen-bond donors (Lipinski definition) is 5. The van der Waals surface area contributed by atoms with Crippen LogP contribution in [-0.4, -0.2) is 63.1 Å². The highest BCUT2D eigenvalue weighted by atomic mass is 32.1. The number of hydrogen-bond acceptors (Lipinski definition) is 9. The molecular weight excluding hydrogens is 528 g/mol. The van der Waals surface area contributed by atoms with E-state index in [1.807, 2.05) is 13.8 Å². The number of nitrogens with one attached hydrogen (secondary N) is 3. The number of thiazole rings is 1. The Morgan fingerprint density at radius 2 is 2.03 bits per heavy atom. The normalized spacial score (nSPS) is 20.0. The first-order valence-electron chi connectivity index (χ1n) is 13.2. The van der Waals surface area contributed by atoms with E-state index in [0.717, 1.165) is 25.7 Å². The Morgan fingerprint density at radius 3 is 2.59 bits per heavy atom.